The van der Waals surface area contributed by atoms with Crippen molar-refractivity contribution in [3.63, 3.8) is 0 Å². The maximum absolute atomic E-state index is 12.8. The summed E-state index contributed by atoms with van der Waals surface area (Å²) in [4.78, 5) is 41.6. The van der Waals surface area contributed by atoms with E-state index >= 15 is 0 Å². The summed E-state index contributed by atoms with van der Waals surface area (Å²) in [7, 11) is 0. The molecule has 6 nitrogen and oxygen atoms in total. The summed E-state index contributed by atoms with van der Waals surface area (Å²) in [6.45, 7) is 5.80. The van der Waals surface area contributed by atoms with Crippen molar-refractivity contribution in [3.8, 4) is 0 Å². The number of pyridine rings is 1. The Morgan fingerprint density at radius 2 is 1.66 bits per heavy atom. The Kier molecular flexibility index (Phi) is 5.82. The van der Waals surface area contributed by atoms with Crippen LogP contribution in [0.1, 0.15) is 36.7 Å². The van der Waals surface area contributed by atoms with E-state index in [1.807, 2.05) is 51.1 Å². The van der Waals surface area contributed by atoms with Crippen molar-refractivity contribution in [2.24, 2.45) is 0 Å². The average Bonchev–Trinajstić information content (AvgIpc) is 2.69. The minimum absolute atomic E-state index is 0.141. The maximum Gasteiger partial charge on any atom is 0.339 e. The van der Waals surface area contributed by atoms with Crippen molar-refractivity contribution >= 4 is 22.8 Å². The van der Waals surface area contributed by atoms with Gasteiger partial charge in [0.2, 0.25) is 5.56 Å². The van der Waals surface area contributed by atoms with E-state index in [1.54, 1.807) is 29.2 Å². The van der Waals surface area contributed by atoms with Crippen LogP contribution in [0, 0.1) is 0 Å². The third kappa shape index (κ3) is 4.90. The number of esters is 1. The van der Waals surface area contributed by atoms with E-state index in [0.717, 1.165) is 5.56 Å². The normalized spacial score (nSPS) is 11.3. The van der Waals surface area contributed by atoms with Gasteiger partial charge >= 0.3 is 5.97 Å². The van der Waals surface area contributed by atoms with Gasteiger partial charge in [-0.1, -0.05) is 48.5 Å². The molecule has 1 N–H and O–H groups in total. The average molecular weight is 392 g/mol. The molecule has 0 aliphatic rings. The molecule has 0 radical (unpaired) electrons. The van der Waals surface area contributed by atoms with Crippen LogP contribution in [0.15, 0.2) is 65.5 Å². The molecule has 0 spiro atoms. The Balaban J connectivity index is 1.76. The quantitative estimate of drug-likeness (QED) is 0.674. The summed E-state index contributed by atoms with van der Waals surface area (Å²) >= 11 is 0. The summed E-state index contributed by atoms with van der Waals surface area (Å²) in [6.07, 6.45) is 0. The van der Waals surface area contributed by atoms with Gasteiger partial charge in [-0.2, -0.15) is 0 Å². The molecule has 6 heteroatoms. The lowest BCUT2D eigenvalue weighted by atomic mass is 10.0. The largest absolute Gasteiger partial charge is 0.452 e. The number of rotatable bonds is 5. The number of para-hydroxylation sites is 1. The van der Waals surface area contributed by atoms with Crippen molar-refractivity contribution in [1.82, 2.24) is 9.88 Å². The van der Waals surface area contributed by atoms with E-state index in [4.69, 9.17) is 4.74 Å². The Morgan fingerprint density at radius 1 is 1.00 bits per heavy atom. The molecule has 2 aromatic carbocycles. The molecule has 150 valence electrons. The molecule has 0 aliphatic carbocycles. The minimum atomic E-state index is -0.700. The van der Waals surface area contributed by atoms with Crippen molar-refractivity contribution in [1.29, 1.82) is 0 Å². The maximum atomic E-state index is 12.8. The summed E-state index contributed by atoms with van der Waals surface area (Å²) in [5.41, 5.74) is 0.821. The Bertz CT molecular complexity index is 1080. The van der Waals surface area contributed by atoms with Gasteiger partial charge < -0.3 is 14.6 Å². The summed E-state index contributed by atoms with van der Waals surface area (Å²) in [6, 6.07) is 17.8. The van der Waals surface area contributed by atoms with E-state index in [2.05, 4.69) is 4.98 Å². The number of nitrogens with zero attached hydrogens (tertiary/aromatic N) is 1. The number of ether oxygens (including phenoxy) is 1. The van der Waals surface area contributed by atoms with E-state index in [0.29, 0.717) is 17.4 Å². The predicted molar refractivity (Wildman–Crippen MR) is 112 cm³/mol. The molecule has 0 fully saturated rings. The van der Waals surface area contributed by atoms with Gasteiger partial charge in [-0.3, -0.25) is 9.59 Å². The molecular weight excluding hydrogens is 368 g/mol. The molecule has 1 aromatic heterocycles. The van der Waals surface area contributed by atoms with E-state index in [1.165, 1.54) is 6.07 Å². The zero-order chi connectivity index (χ0) is 21.0. The van der Waals surface area contributed by atoms with Crippen molar-refractivity contribution in [3.05, 3.63) is 82.1 Å². The van der Waals surface area contributed by atoms with Gasteiger partial charge in [0.1, 0.15) is 0 Å². The second-order valence-corrected chi connectivity index (χ2v) is 7.81. The molecular formula is C23H24N2O4. The molecule has 1 heterocycles. The first-order chi connectivity index (χ1) is 13.8. The number of aromatic amines is 1. The van der Waals surface area contributed by atoms with Gasteiger partial charge in [-0.05, 0) is 32.4 Å². The first-order valence-electron chi connectivity index (χ1n) is 9.39. The number of fused-ring (bicyclic) bond motifs is 1. The van der Waals surface area contributed by atoms with Crippen LogP contribution in [-0.2, 0) is 16.1 Å². The fourth-order valence-electron chi connectivity index (χ4n) is 3.12. The monoisotopic (exact) mass is 392 g/mol. The molecule has 3 rings (SSSR count). The smallest absolute Gasteiger partial charge is 0.339 e. The lowest BCUT2D eigenvalue weighted by Gasteiger charge is -2.35. The van der Waals surface area contributed by atoms with Crippen molar-refractivity contribution in [2.45, 2.75) is 32.9 Å². The predicted octanol–water partition coefficient (Wildman–Crippen LogP) is 3.51. The Hall–Kier alpha value is -3.41. The van der Waals surface area contributed by atoms with Crippen LogP contribution in [0.4, 0.5) is 0 Å². The molecule has 0 saturated heterocycles. The third-order valence-electron chi connectivity index (χ3n) is 4.59. The van der Waals surface area contributed by atoms with Crippen molar-refractivity contribution in [2.75, 3.05) is 6.61 Å². The van der Waals surface area contributed by atoms with Crippen LogP contribution in [-0.4, -0.2) is 33.9 Å². The summed E-state index contributed by atoms with van der Waals surface area (Å²) < 4.78 is 5.28. The van der Waals surface area contributed by atoms with Gasteiger partial charge in [0.05, 0.1) is 5.56 Å². The highest BCUT2D eigenvalue weighted by atomic mass is 16.5. The van der Waals surface area contributed by atoms with Crippen LogP contribution in [0.25, 0.3) is 10.9 Å². The molecule has 29 heavy (non-hydrogen) atoms. The molecule has 0 bridgehead atoms. The summed E-state index contributed by atoms with van der Waals surface area (Å²) in [5.74, 6) is -1.00. The topological polar surface area (TPSA) is 79.5 Å². The first-order valence-corrected chi connectivity index (χ1v) is 9.39. The standard InChI is InChI=1S/C23H24N2O4/c1-23(2,3)25(14-16-9-5-4-6-10-16)21(27)15-29-22(28)18-13-20(26)24-19-12-8-7-11-17(18)19/h4-13H,14-15H2,1-3H3,(H,24,26). The molecule has 1 amide bonds. The molecule has 0 aliphatic heterocycles. The van der Waals surface area contributed by atoms with Crippen LogP contribution in [0.5, 0.6) is 0 Å². The Morgan fingerprint density at radius 3 is 2.34 bits per heavy atom. The number of H-pyrrole nitrogens is 1. The second kappa shape index (κ2) is 8.31. The fourth-order valence-corrected chi connectivity index (χ4v) is 3.12. The van der Waals surface area contributed by atoms with Gasteiger partial charge in [0, 0.05) is 29.1 Å². The van der Waals surface area contributed by atoms with Crippen LogP contribution in [0.3, 0.4) is 0 Å². The lowest BCUT2D eigenvalue weighted by Crippen LogP contribution is -2.46. The van der Waals surface area contributed by atoms with Crippen LogP contribution in [0.2, 0.25) is 0 Å². The van der Waals surface area contributed by atoms with E-state index in [-0.39, 0.29) is 11.5 Å². The van der Waals surface area contributed by atoms with E-state index in [9.17, 15) is 14.4 Å². The van der Waals surface area contributed by atoms with Crippen molar-refractivity contribution < 1.29 is 14.3 Å². The SMILES string of the molecule is CC(C)(C)N(Cc1ccccc1)C(=O)COC(=O)c1cc(=O)[nH]c2ccccc12. The highest BCUT2D eigenvalue weighted by Gasteiger charge is 2.27. The number of hydrogen-bond acceptors (Lipinski definition) is 4. The van der Waals surface area contributed by atoms with Gasteiger partial charge in [0.15, 0.2) is 6.61 Å². The summed E-state index contributed by atoms with van der Waals surface area (Å²) in [5, 5.41) is 0.571. The van der Waals surface area contributed by atoms with Gasteiger partial charge in [-0.15, -0.1) is 0 Å². The molecule has 3 aromatic rings. The van der Waals surface area contributed by atoms with Gasteiger partial charge in [0.25, 0.3) is 5.91 Å². The van der Waals surface area contributed by atoms with Crippen LogP contribution >= 0.6 is 0 Å². The minimum Gasteiger partial charge on any atom is -0.452 e. The third-order valence-corrected chi connectivity index (χ3v) is 4.59. The molecule has 0 atom stereocenters. The Labute approximate surface area is 169 Å². The van der Waals surface area contributed by atoms with E-state index < -0.39 is 23.7 Å². The number of hydrogen-bond donors (Lipinski definition) is 1. The zero-order valence-electron chi connectivity index (χ0n) is 16.8. The zero-order valence-corrected chi connectivity index (χ0v) is 16.8. The number of benzene rings is 2. The number of amides is 1. The second-order valence-electron chi connectivity index (χ2n) is 7.81. The number of carbonyl (C=O) groups is 2. The van der Waals surface area contributed by atoms with Crippen LogP contribution < -0.4 is 5.56 Å². The first kappa shape index (κ1) is 20.3. The molecule has 0 unspecified atom stereocenters. The molecule has 0 saturated carbocycles. The number of carbonyl (C=O) groups excluding carboxylic acids is 2. The fraction of sp³-hybridized carbons (Fsp3) is 0.261. The highest BCUT2D eigenvalue weighted by Crippen LogP contribution is 2.19. The van der Waals surface area contributed by atoms with Gasteiger partial charge in [-0.25, -0.2) is 4.79 Å². The number of aromatic nitrogens is 1. The highest BCUT2D eigenvalue weighted by molar-refractivity contribution is 6.03. The lowest BCUT2D eigenvalue weighted by molar-refractivity contribution is -0.140. The number of nitrogens with one attached hydrogen (secondary N) is 1.